The van der Waals surface area contributed by atoms with Gasteiger partial charge >= 0.3 is 0 Å². The summed E-state index contributed by atoms with van der Waals surface area (Å²) >= 11 is 5.90. The number of amides is 1. The number of nitrogens with zero attached hydrogens (tertiary/aromatic N) is 3. The van der Waals surface area contributed by atoms with E-state index in [0.29, 0.717) is 22.2 Å². The number of rotatable bonds is 9. The summed E-state index contributed by atoms with van der Waals surface area (Å²) in [4.78, 5) is 17.8. The Balaban J connectivity index is 1.65. The van der Waals surface area contributed by atoms with Gasteiger partial charge in [-0.05, 0) is 86.6 Å². The zero-order valence-electron chi connectivity index (χ0n) is 20.9. The normalized spacial score (nSPS) is 11.7. The zero-order chi connectivity index (χ0) is 27.4. The lowest BCUT2D eigenvalue weighted by Gasteiger charge is -2.25. The number of halogens is 2. The highest BCUT2D eigenvalue weighted by molar-refractivity contribution is 7.89. The lowest BCUT2D eigenvalue weighted by Crippen LogP contribution is -2.42. The molecule has 4 rings (SSSR count). The summed E-state index contributed by atoms with van der Waals surface area (Å²) in [5.41, 5.74) is 1.86. The molecule has 0 spiro atoms. The molecular formula is C27H26ClFN4O4S. The Morgan fingerprint density at radius 3 is 2.26 bits per heavy atom. The predicted octanol–water partition coefficient (Wildman–Crippen LogP) is 5.38. The number of nitrogens with one attached hydrogen (secondary N) is 1. The molecule has 0 unspecified atom stereocenters. The molecule has 38 heavy (non-hydrogen) atoms. The minimum Gasteiger partial charge on any atom is -0.497 e. The number of anilines is 1. The first-order valence-corrected chi connectivity index (χ1v) is 13.5. The van der Waals surface area contributed by atoms with E-state index < -0.39 is 34.3 Å². The van der Waals surface area contributed by atoms with Crippen molar-refractivity contribution < 1.29 is 22.3 Å². The maximum atomic E-state index is 13.6. The van der Waals surface area contributed by atoms with Crippen LogP contribution in [0.3, 0.4) is 0 Å². The molecule has 0 fully saturated rings. The number of carbonyl (C=O) groups excluding carboxylic acids is 1. The summed E-state index contributed by atoms with van der Waals surface area (Å²) in [5, 5.41) is 3.12. The van der Waals surface area contributed by atoms with Gasteiger partial charge in [-0.15, -0.1) is 0 Å². The Morgan fingerprint density at radius 1 is 1.05 bits per heavy atom. The largest absolute Gasteiger partial charge is 0.497 e. The molecule has 8 nitrogen and oxygen atoms in total. The van der Waals surface area contributed by atoms with E-state index in [1.165, 1.54) is 36.4 Å². The van der Waals surface area contributed by atoms with Gasteiger partial charge in [-0.1, -0.05) is 11.6 Å². The van der Waals surface area contributed by atoms with Gasteiger partial charge in [0, 0.05) is 28.5 Å². The summed E-state index contributed by atoms with van der Waals surface area (Å²) in [5.74, 6) is -0.169. The minimum absolute atomic E-state index is 0.0259. The molecule has 0 radical (unpaired) electrons. The number of aromatic nitrogens is 2. The number of hydrogen-bond acceptors (Lipinski definition) is 5. The second-order valence-electron chi connectivity index (χ2n) is 8.67. The topological polar surface area (TPSA) is 93.5 Å². The van der Waals surface area contributed by atoms with Crippen molar-refractivity contribution in [3.8, 4) is 22.7 Å². The highest BCUT2D eigenvalue weighted by Crippen LogP contribution is 2.27. The van der Waals surface area contributed by atoms with Gasteiger partial charge in [0.05, 0.1) is 24.2 Å². The summed E-state index contributed by atoms with van der Waals surface area (Å²) in [6.45, 7) is 2.92. The van der Waals surface area contributed by atoms with Crippen molar-refractivity contribution in [2.45, 2.75) is 24.8 Å². The standard InChI is InChI=1S/C27H26ClFN4O4S/c1-18(2)33(38(35,36)24-14-6-20(28)7-15-24)17-26(34)31-27-30-25(19-4-12-23(37-3)13-5-19)16-32(27)22-10-8-21(29)9-11-22/h4-16,18H,17H2,1-3H3,(H,30,31,34). The van der Waals surface area contributed by atoms with E-state index in [4.69, 9.17) is 16.3 Å². The SMILES string of the molecule is COc1ccc(-c2cn(-c3ccc(F)cc3)c(NC(=O)CN(C(C)C)S(=O)(=O)c3ccc(Cl)cc3)n2)cc1. The molecule has 1 aromatic heterocycles. The molecule has 1 heterocycles. The van der Waals surface area contributed by atoms with Crippen LogP contribution in [-0.2, 0) is 14.8 Å². The molecule has 0 aliphatic heterocycles. The van der Waals surface area contributed by atoms with Crippen LogP contribution in [0.25, 0.3) is 16.9 Å². The van der Waals surface area contributed by atoms with Gasteiger partial charge in [0.15, 0.2) is 0 Å². The quantitative estimate of drug-likeness (QED) is 0.299. The average Bonchev–Trinajstić information content (AvgIpc) is 3.31. The van der Waals surface area contributed by atoms with Gasteiger partial charge in [-0.3, -0.25) is 14.7 Å². The van der Waals surface area contributed by atoms with E-state index in [1.54, 1.807) is 56.0 Å². The van der Waals surface area contributed by atoms with Crippen LogP contribution in [0.4, 0.5) is 10.3 Å². The van der Waals surface area contributed by atoms with Crippen LogP contribution >= 0.6 is 11.6 Å². The second-order valence-corrected chi connectivity index (χ2v) is 11.0. The molecule has 1 N–H and O–H groups in total. The number of ether oxygens (including phenoxy) is 1. The van der Waals surface area contributed by atoms with Gasteiger partial charge in [0.25, 0.3) is 0 Å². The van der Waals surface area contributed by atoms with E-state index >= 15 is 0 Å². The molecule has 0 aliphatic rings. The number of benzene rings is 3. The first-order chi connectivity index (χ1) is 18.1. The lowest BCUT2D eigenvalue weighted by atomic mass is 10.1. The third-order valence-electron chi connectivity index (χ3n) is 5.74. The van der Waals surface area contributed by atoms with Crippen molar-refractivity contribution in [3.05, 3.63) is 89.8 Å². The van der Waals surface area contributed by atoms with Crippen molar-refractivity contribution in [1.29, 1.82) is 0 Å². The van der Waals surface area contributed by atoms with E-state index in [-0.39, 0.29) is 10.8 Å². The van der Waals surface area contributed by atoms with E-state index in [2.05, 4.69) is 10.3 Å². The van der Waals surface area contributed by atoms with E-state index in [9.17, 15) is 17.6 Å². The molecule has 0 atom stereocenters. The van der Waals surface area contributed by atoms with Gasteiger partial charge in [0.1, 0.15) is 11.6 Å². The highest BCUT2D eigenvalue weighted by Gasteiger charge is 2.29. The summed E-state index contributed by atoms with van der Waals surface area (Å²) in [6.07, 6.45) is 1.70. The first-order valence-electron chi connectivity index (χ1n) is 11.7. The smallest absolute Gasteiger partial charge is 0.243 e. The van der Waals surface area contributed by atoms with Gasteiger partial charge in [0.2, 0.25) is 21.9 Å². The van der Waals surface area contributed by atoms with Gasteiger partial charge in [-0.25, -0.2) is 17.8 Å². The third-order valence-corrected chi connectivity index (χ3v) is 8.03. The first kappa shape index (κ1) is 27.3. The van der Waals surface area contributed by atoms with Gasteiger partial charge in [-0.2, -0.15) is 4.31 Å². The molecule has 0 saturated heterocycles. The van der Waals surface area contributed by atoms with Crippen LogP contribution in [-0.4, -0.2) is 47.9 Å². The number of methoxy groups -OCH3 is 1. The molecule has 1 amide bonds. The average molecular weight is 557 g/mol. The number of hydrogen-bond donors (Lipinski definition) is 1. The van der Waals surface area contributed by atoms with Crippen molar-refractivity contribution in [3.63, 3.8) is 0 Å². The van der Waals surface area contributed by atoms with Crippen molar-refractivity contribution in [2.24, 2.45) is 0 Å². The number of imidazole rings is 1. The van der Waals surface area contributed by atoms with Crippen LogP contribution in [0.5, 0.6) is 5.75 Å². The van der Waals surface area contributed by atoms with Crippen LogP contribution in [0.15, 0.2) is 83.9 Å². The Bertz CT molecular complexity index is 1520. The zero-order valence-corrected chi connectivity index (χ0v) is 22.5. The molecule has 0 aliphatic carbocycles. The Kier molecular flexibility index (Phi) is 8.15. The van der Waals surface area contributed by atoms with Crippen molar-refractivity contribution in [1.82, 2.24) is 13.9 Å². The fourth-order valence-electron chi connectivity index (χ4n) is 3.76. The Labute approximate surface area is 225 Å². The summed E-state index contributed by atoms with van der Waals surface area (Å²) in [6, 6.07) is 18.2. The van der Waals surface area contributed by atoms with Crippen LogP contribution in [0, 0.1) is 5.82 Å². The summed E-state index contributed by atoms with van der Waals surface area (Å²) in [7, 11) is -2.41. The molecule has 4 aromatic rings. The molecule has 0 saturated carbocycles. The van der Waals surface area contributed by atoms with Crippen LogP contribution in [0.1, 0.15) is 13.8 Å². The molecule has 3 aromatic carbocycles. The second kappa shape index (κ2) is 11.3. The predicted molar refractivity (Wildman–Crippen MR) is 145 cm³/mol. The summed E-state index contributed by atoms with van der Waals surface area (Å²) < 4.78 is 48.0. The Morgan fingerprint density at radius 2 is 1.68 bits per heavy atom. The van der Waals surface area contributed by atoms with Crippen LogP contribution in [0.2, 0.25) is 5.02 Å². The number of carbonyl (C=O) groups is 1. The molecule has 11 heteroatoms. The number of sulfonamides is 1. The fraction of sp³-hybridized carbons (Fsp3) is 0.185. The van der Waals surface area contributed by atoms with Crippen LogP contribution < -0.4 is 10.1 Å². The minimum atomic E-state index is -3.98. The van der Waals surface area contributed by atoms with Crippen molar-refractivity contribution in [2.75, 3.05) is 19.0 Å². The van der Waals surface area contributed by atoms with Crippen molar-refractivity contribution >= 4 is 33.5 Å². The maximum Gasteiger partial charge on any atom is 0.243 e. The third kappa shape index (κ3) is 6.04. The highest BCUT2D eigenvalue weighted by atomic mass is 35.5. The Hall–Kier alpha value is -3.73. The molecular weight excluding hydrogens is 531 g/mol. The maximum absolute atomic E-state index is 13.6. The monoisotopic (exact) mass is 556 g/mol. The fourth-order valence-corrected chi connectivity index (χ4v) is 5.48. The van der Waals surface area contributed by atoms with Gasteiger partial charge < -0.3 is 4.74 Å². The van der Waals surface area contributed by atoms with E-state index in [0.717, 1.165) is 9.87 Å². The lowest BCUT2D eigenvalue weighted by molar-refractivity contribution is -0.116. The molecule has 0 bridgehead atoms. The molecule has 198 valence electrons. The van der Waals surface area contributed by atoms with E-state index in [1.807, 2.05) is 12.1 Å².